The fraction of sp³-hybridized carbons (Fsp3) is 0.400. The van der Waals surface area contributed by atoms with Gasteiger partial charge in [-0.25, -0.2) is 0 Å². The van der Waals surface area contributed by atoms with Crippen molar-refractivity contribution in [3.05, 3.63) is 47.3 Å². The summed E-state index contributed by atoms with van der Waals surface area (Å²) in [7, 11) is 21.8. The summed E-state index contributed by atoms with van der Waals surface area (Å²) in [5.74, 6) is 2.19. The Kier molecular flexibility index (Phi) is 9.63. The summed E-state index contributed by atoms with van der Waals surface area (Å²) in [5.41, 5.74) is 2.93. The molecule has 0 spiro atoms. The lowest BCUT2D eigenvalue weighted by atomic mass is 8.97. The summed E-state index contributed by atoms with van der Waals surface area (Å²) < 4.78 is 17.7. The Morgan fingerprint density at radius 2 is 1.97 bits per heavy atom. The molecule has 0 fully saturated rings. The van der Waals surface area contributed by atoms with Crippen molar-refractivity contribution in [2.75, 3.05) is 34.5 Å². The van der Waals surface area contributed by atoms with E-state index >= 15 is 0 Å². The van der Waals surface area contributed by atoms with E-state index < -0.39 is 6.39 Å². The van der Waals surface area contributed by atoms with Gasteiger partial charge in [-0.1, -0.05) is 0 Å². The Morgan fingerprint density at radius 3 is 2.56 bits per heavy atom. The molecule has 0 N–H and O–H groups in total. The minimum absolute atomic E-state index is 0. The van der Waals surface area contributed by atoms with Gasteiger partial charge in [0.25, 0.3) is 0 Å². The van der Waals surface area contributed by atoms with Crippen LogP contribution >= 0.6 is 0 Å². The van der Waals surface area contributed by atoms with Gasteiger partial charge in [-0.3, -0.25) is 9.78 Å². The highest BCUT2D eigenvalue weighted by molar-refractivity contribution is 7.60. The number of ether oxygens (including phenoxy) is 3. The number of nitrogens with zero attached hydrogens (tertiary/aromatic N) is 2. The zero-order valence-electron chi connectivity index (χ0n) is 18.6. The second-order valence-corrected chi connectivity index (χ2v) is 8.12. The van der Waals surface area contributed by atoms with Crippen LogP contribution in [-0.2, 0) is 6.42 Å². The molecule has 1 unspecified atom stereocenters. The fourth-order valence-electron chi connectivity index (χ4n) is 3.95. The molecule has 1 aromatic carbocycles. The van der Waals surface area contributed by atoms with E-state index in [1.54, 1.807) is 31.6 Å². The highest BCUT2D eigenvalue weighted by Gasteiger charge is 2.42. The summed E-state index contributed by atoms with van der Waals surface area (Å²) in [6, 6.07) is 5.57. The van der Waals surface area contributed by atoms with Crippen molar-refractivity contribution >= 4 is 42.4 Å². The van der Waals surface area contributed by atoms with E-state index in [0.717, 1.165) is 28.8 Å². The second-order valence-electron chi connectivity index (χ2n) is 8.12. The average Bonchev–Trinajstić information content (AvgIpc) is 3.23. The number of hydrogen-bond acceptors (Lipinski definition) is 5. The van der Waals surface area contributed by atoms with Gasteiger partial charge in [-0.2, -0.15) is 0 Å². The van der Waals surface area contributed by atoms with Crippen LogP contribution in [0.1, 0.15) is 33.9 Å². The molecular weight excluding hydrogens is 513 g/mol. The molecule has 2 aliphatic rings. The van der Waals surface area contributed by atoms with Crippen molar-refractivity contribution in [1.29, 1.82) is 0 Å². The third-order valence-electron chi connectivity index (χ3n) is 5.69. The molecule has 6 nitrogen and oxygen atoms in total. The summed E-state index contributed by atoms with van der Waals surface area (Å²) >= 11 is 0. The van der Waals surface area contributed by atoms with Gasteiger partial charge in [0.2, 0.25) is 12.5 Å². The van der Waals surface area contributed by atoms with Crippen LogP contribution in [0, 0.1) is 0 Å². The molecular formula is C20H23B5IN2O4. The molecule has 12 heteroatoms. The van der Waals surface area contributed by atoms with Gasteiger partial charge in [-0.15, -0.1) is 0 Å². The van der Waals surface area contributed by atoms with Crippen molar-refractivity contribution in [3.63, 3.8) is 0 Å². The van der Waals surface area contributed by atoms with Crippen LogP contribution in [0.5, 0.6) is 17.2 Å². The van der Waals surface area contributed by atoms with Crippen molar-refractivity contribution in [1.82, 2.24) is 4.98 Å². The average molecular weight is 536 g/mol. The quantitative estimate of drug-likeness (QED) is 0.189. The largest absolute Gasteiger partial charge is 1.00 e. The number of aromatic nitrogens is 1. The lowest BCUT2D eigenvalue weighted by Gasteiger charge is -2.43. The first kappa shape index (κ1) is 26.7. The number of hydrogen-bond donors (Lipinski definition) is 0. The summed E-state index contributed by atoms with van der Waals surface area (Å²) in [4.78, 5) is 16.9. The predicted molar refractivity (Wildman–Crippen MR) is 124 cm³/mol. The number of halogens is 1. The lowest BCUT2D eigenvalue weighted by Crippen LogP contribution is -3.00. The summed E-state index contributed by atoms with van der Waals surface area (Å²) in [6.07, 6.45) is 4.16. The molecule has 2 aliphatic heterocycles. The van der Waals surface area contributed by atoms with E-state index in [4.69, 9.17) is 37.4 Å². The third-order valence-corrected chi connectivity index (χ3v) is 5.69. The van der Waals surface area contributed by atoms with Crippen LogP contribution in [0.25, 0.3) is 0 Å². The number of pyridine rings is 1. The first-order valence-corrected chi connectivity index (χ1v) is 10.1. The number of methoxy groups -OCH3 is 1. The highest BCUT2D eigenvalue weighted by atomic mass is 127. The number of likely N-dealkylation sites (N-methyl/N-ethyl adjacent to an activating group) is 1. The number of Topliss-reactive ketones (excluding diaryl/α,β-unsaturated/α-hetero) is 1. The van der Waals surface area contributed by atoms with E-state index in [1.165, 1.54) is 12.6 Å². The van der Waals surface area contributed by atoms with Crippen LogP contribution in [0.4, 0.5) is 0 Å². The molecule has 159 valence electrons. The number of rotatable bonds is 5. The molecule has 4 rings (SSSR count). The van der Waals surface area contributed by atoms with Crippen molar-refractivity contribution in [2.45, 2.75) is 18.9 Å². The van der Waals surface area contributed by atoms with E-state index in [-0.39, 0.29) is 42.6 Å². The Labute approximate surface area is 212 Å². The SMILES string of the molecule is COc1c2c(cc3c1C(CC(=O)c1ccncc1)[N+](C)(C)CC3)OCO2.[B][B]B([B])[B].[I-]. The topological polar surface area (TPSA) is 57.7 Å². The summed E-state index contributed by atoms with van der Waals surface area (Å²) in [5, 5.41) is 0. The number of carbonyl (C=O) groups is 1. The molecule has 0 amide bonds. The monoisotopic (exact) mass is 537 g/mol. The molecule has 7 radical (unpaired) electrons. The van der Waals surface area contributed by atoms with Crippen LogP contribution in [0.3, 0.4) is 0 Å². The summed E-state index contributed by atoms with van der Waals surface area (Å²) in [6.45, 7) is 1.15. The first-order valence-electron chi connectivity index (χ1n) is 10.1. The van der Waals surface area contributed by atoms with Crippen LogP contribution in [0.15, 0.2) is 30.6 Å². The molecule has 0 saturated heterocycles. The number of ketones is 1. The minimum atomic E-state index is -0.463. The molecule has 2 aromatic rings. The number of fused-ring (bicyclic) bond motifs is 2. The standard InChI is InChI=1S/C20H23N2O4.B5.HI/c1-22(2)9-6-14-10-17-19(26-12-25-17)20(24-3)18(14)15(22)11-16(23)13-4-7-21-8-5-13;1-4-5(2)3;/h4-5,7-8,10,15H,6,9,11-12H2,1-3H3;;1H/q+1;;/p-1. The van der Waals surface area contributed by atoms with Gasteiger partial charge in [0.15, 0.2) is 17.3 Å². The zero-order chi connectivity index (χ0) is 22.6. The molecule has 0 bridgehead atoms. The molecule has 0 aliphatic carbocycles. The van der Waals surface area contributed by atoms with Gasteiger partial charge in [0, 0.05) is 61.0 Å². The fourth-order valence-corrected chi connectivity index (χ4v) is 3.95. The van der Waals surface area contributed by atoms with E-state index in [2.05, 4.69) is 19.1 Å². The number of quaternary nitrogens is 1. The molecule has 3 heterocycles. The minimum Gasteiger partial charge on any atom is -1.00 e. The van der Waals surface area contributed by atoms with E-state index in [0.29, 0.717) is 23.5 Å². The smallest absolute Gasteiger partial charge is 0.231 e. The molecule has 1 aromatic heterocycles. The highest BCUT2D eigenvalue weighted by Crippen LogP contribution is 2.51. The second kappa shape index (κ2) is 11.5. The maximum Gasteiger partial charge on any atom is 0.231 e. The lowest BCUT2D eigenvalue weighted by molar-refractivity contribution is -0.922. The van der Waals surface area contributed by atoms with Gasteiger partial charge < -0.3 is 42.7 Å². The molecule has 1 atom stereocenters. The Hall–Kier alpha value is -1.55. The normalized spacial score (nSPS) is 17.0. The Morgan fingerprint density at radius 1 is 1.31 bits per heavy atom. The molecule has 0 saturated carbocycles. The Bertz CT molecular complexity index is 934. The molecule has 32 heavy (non-hydrogen) atoms. The van der Waals surface area contributed by atoms with E-state index in [9.17, 15) is 4.79 Å². The van der Waals surface area contributed by atoms with Gasteiger partial charge in [0.05, 0.1) is 39.7 Å². The Balaban J connectivity index is 0.000000548. The van der Waals surface area contributed by atoms with E-state index in [1.807, 2.05) is 6.07 Å². The predicted octanol–water partition coefficient (Wildman–Crippen LogP) is -2.13. The van der Waals surface area contributed by atoms with Crippen molar-refractivity contribution in [3.8, 4) is 17.2 Å². The van der Waals surface area contributed by atoms with Crippen LogP contribution in [0.2, 0.25) is 0 Å². The van der Waals surface area contributed by atoms with Crippen LogP contribution < -0.4 is 38.2 Å². The van der Waals surface area contributed by atoms with Crippen molar-refractivity contribution < 1.29 is 47.5 Å². The zero-order valence-corrected chi connectivity index (χ0v) is 20.7. The van der Waals surface area contributed by atoms with Gasteiger partial charge >= 0.3 is 0 Å². The first-order chi connectivity index (χ1) is 14.8. The van der Waals surface area contributed by atoms with Crippen molar-refractivity contribution in [2.24, 2.45) is 0 Å². The number of benzene rings is 1. The third kappa shape index (κ3) is 5.87. The number of carbonyl (C=O) groups excluding carboxylic acids is 1. The maximum absolute atomic E-state index is 12.9. The van der Waals surface area contributed by atoms with Crippen LogP contribution in [-0.4, -0.2) is 86.5 Å². The maximum atomic E-state index is 12.9. The van der Waals surface area contributed by atoms with Gasteiger partial charge in [0.1, 0.15) is 6.04 Å². The van der Waals surface area contributed by atoms with Gasteiger partial charge in [-0.05, 0) is 23.8 Å².